The second-order valence-corrected chi connectivity index (χ2v) is 9.92. The molecule has 0 spiro atoms. The minimum Gasteiger partial charge on any atom is -0.369 e. The van der Waals surface area contributed by atoms with Crippen molar-refractivity contribution in [2.75, 3.05) is 28.0 Å². The average molecular weight is 447 g/mol. The number of amides is 1. The van der Waals surface area contributed by atoms with Gasteiger partial charge in [0.15, 0.2) is 0 Å². The summed E-state index contributed by atoms with van der Waals surface area (Å²) in [5.74, 6) is -0.108. The first-order valence-electron chi connectivity index (χ1n) is 9.89. The third-order valence-electron chi connectivity index (χ3n) is 5.24. The normalized spacial score (nSPS) is 13.7. The lowest BCUT2D eigenvalue weighted by atomic mass is 9.94. The van der Waals surface area contributed by atoms with E-state index < -0.39 is 15.6 Å². The van der Waals surface area contributed by atoms with E-state index in [-0.39, 0.29) is 18.3 Å². The molecule has 0 atom stereocenters. The van der Waals surface area contributed by atoms with Crippen molar-refractivity contribution in [2.45, 2.75) is 67.2 Å². The fourth-order valence-electron chi connectivity index (χ4n) is 3.60. The fraction of sp³-hybridized carbons (Fsp3) is 0.650. The summed E-state index contributed by atoms with van der Waals surface area (Å²) in [6, 6.07) is 0. The van der Waals surface area contributed by atoms with Crippen molar-refractivity contribution in [1.29, 1.82) is 0 Å². The maximum atomic E-state index is 12.7. The number of nitrogens with two attached hydrogens (primary N) is 1. The predicted octanol–water partition coefficient (Wildman–Crippen LogP) is 3.88. The van der Waals surface area contributed by atoms with Crippen LogP contribution >= 0.6 is 12.4 Å². The van der Waals surface area contributed by atoms with E-state index in [0.29, 0.717) is 16.9 Å². The number of fused-ring (bicyclic) bond motifs is 1. The zero-order valence-electron chi connectivity index (χ0n) is 18.3. The van der Waals surface area contributed by atoms with Crippen molar-refractivity contribution in [3.63, 3.8) is 0 Å². The fourth-order valence-corrected chi connectivity index (χ4v) is 4.19. The molecule has 0 bridgehead atoms. The first-order chi connectivity index (χ1) is 12.9. The molecule has 0 fully saturated rings. The number of carbonyl (C=O) groups excluding carboxylic acids is 1. The van der Waals surface area contributed by atoms with Gasteiger partial charge in [-0.15, -0.1) is 12.4 Å². The smallest absolute Gasteiger partial charge is 0.296 e. The van der Waals surface area contributed by atoms with Crippen LogP contribution in [0.25, 0.3) is 0 Å². The van der Waals surface area contributed by atoms with E-state index in [2.05, 4.69) is 21.9 Å². The number of carbonyl (C=O) groups is 1. The number of halogens is 1. The van der Waals surface area contributed by atoms with Gasteiger partial charge >= 0.3 is 0 Å². The standard InChI is InChI=1S/C20H34N4O3S.ClH/c1-7-8-9-11-24-12-10-15-13(2)16(23-28(21,26)27)14(3)17(18(15)24)22-19(25)20(4,5)6;/h23H,7-12H2,1-6H3,(H,22,25)(H2,21,26,27);1H. The van der Waals surface area contributed by atoms with Crippen LogP contribution in [0.5, 0.6) is 0 Å². The van der Waals surface area contributed by atoms with Gasteiger partial charge in [0, 0.05) is 18.5 Å². The second kappa shape index (κ2) is 9.53. The molecule has 1 aromatic rings. The summed E-state index contributed by atoms with van der Waals surface area (Å²) >= 11 is 0. The number of nitrogens with one attached hydrogen (secondary N) is 2. The highest BCUT2D eigenvalue weighted by atomic mass is 35.5. The quantitative estimate of drug-likeness (QED) is 0.552. The van der Waals surface area contributed by atoms with E-state index in [0.717, 1.165) is 55.6 Å². The van der Waals surface area contributed by atoms with Gasteiger partial charge in [-0.3, -0.25) is 9.52 Å². The molecule has 0 saturated heterocycles. The number of hydrogen-bond donors (Lipinski definition) is 3. The highest BCUT2D eigenvalue weighted by molar-refractivity contribution is 7.90. The average Bonchev–Trinajstić information content (AvgIpc) is 2.97. The molecule has 1 aromatic carbocycles. The summed E-state index contributed by atoms with van der Waals surface area (Å²) in [6.07, 6.45) is 4.19. The number of rotatable bonds is 7. The Morgan fingerprint density at radius 1 is 1.14 bits per heavy atom. The van der Waals surface area contributed by atoms with Gasteiger partial charge in [0.2, 0.25) is 5.91 Å². The zero-order chi connectivity index (χ0) is 21.3. The molecule has 7 nitrogen and oxygen atoms in total. The number of benzene rings is 1. The van der Waals surface area contributed by atoms with Crippen molar-refractivity contribution >= 4 is 45.6 Å². The lowest BCUT2D eigenvalue weighted by Gasteiger charge is -2.28. The van der Waals surface area contributed by atoms with Crippen molar-refractivity contribution < 1.29 is 13.2 Å². The largest absolute Gasteiger partial charge is 0.369 e. The van der Waals surface area contributed by atoms with Gasteiger partial charge in [0.25, 0.3) is 10.2 Å². The molecule has 2 rings (SSSR count). The summed E-state index contributed by atoms with van der Waals surface area (Å²) < 4.78 is 25.9. The molecule has 0 radical (unpaired) electrons. The lowest BCUT2D eigenvalue weighted by Crippen LogP contribution is -2.30. The molecule has 0 aromatic heterocycles. The summed E-state index contributed by atoms with van der Waals surface area (Å²) in [4.78, 5) is 15.1. The second-order valence-electron chi connectivity index (χ2n) is 8.62. The molecule has 9 heteroatoms. The molecule has 1 aliphatic heterocycles. The zero-order valence-corrected chi connectivity index (χ0v) is 19.9. The van der Waals surface area contributed by atoms with Crippen LogP contribution in [-0.4, -0.2) is 27.4 Å². The Morgan fingerprint density at radius 3 is 2.28 bits per heavy atom. The van der Waals surface area contributed by atoms with Crippen molar-refractivity contribution in [3.05, 3.63) is 16.7 Å². The van der Waals surface area contributed by atoms with E-state index in [4.69, 9.17) is 5.14 Å². The third kappa shape index (κ3) is 5.99. The van der Waals surface area contributed by atoms with Crippen molar-refractivity contribution in [2.24, 2.45) is 10.6 Å². The van der Waals surface area contributed by atoms with Crippen molar-refractivity contribution in [1.82, 2.24) is 0 Å². The topological polar surface area (TPSA) is 105 Å². The van der Waals surface area contributed by atoms with E-state index in [1.54, 1.807) is 0 Å². The summed E-state index contributed by atoms with van der Waals surface area (Å²) in [5, 5.41) is 8.31. The number of anilines is 3. The van der Waals surface area contributed by atoms with E-state index >= 15 is 0 Å². The van der Waals surface area contributed by atoms with Crippen LogP contribution < -0.4 is 20.1 Å². The molecule has 0 unspecified atom stereocenters. The molecule has 1 aliphatic rings. The monoisotopic (exact) mass is 446 g/mol. The Hall–Kier alpha value is -1.51. The van der Waals surface area contributed by atoms with Crippen LogP contribution in [0.1, 0.15) is 63.6 Å². The lowest BCUT2D eigenvalue weighted by molar-refractivity contribution is -0.123. The summed E-state index contributed by atoms with van der Waals surface area (Å²) in [5.41, 5.74) is 4.21. The van der Waals surface area contributed by atoms with Crippen LogP contribution in [0.2, 0.25) is 0 Å². The summed E-state index contributed by atoms with van der Waals surface area (Å²) in [7, 11) is -3.92. The summed E-state index contributed by atoms with van der Waals surface area (Å²) in [6.45, 7) is 13.2. The van der Waals surface area contributed by atoms with E-state index in [9.17, 15) is 13.2 Å². The molecule has 0 aliphatic carbocycles. The van der Waals surface area contributed by atoms with Gasteiger partial charge in [-0.2, -0.15) is 8.42 Å². The molecule has 1 heterocycles. The molecule has 0 saturated carbocycles. The first-order valence-corrected chi connectivity index (χ1v) is 11.4. The van der Waals surface area contributed by atoms with Gasteiger partial charge in [0.1, 0.15) is 0 Å². The SMILES string of the molecule is CCCCCN1CCc2c(C)c(NS(N)(=O)=O)c(C)c(NC(=O)C(C)(C)C)c21.Cl. The minimum absolute atomic E-state index is 0. The highest BCUT2D eigenvalue weighted by Gasteiger charge is 2.31. The van der Waals surface area contributed by atoms with Crippen LogP contribution in [0.3, 0.4) is 0 Å². The minimum atomic E-state index is -3.92. The van der Waals surface area contributed by atoms with Crippen LogP contribution in [0, 0.1) is 19.3 Å². The van der Waals surface area contributed by atoms with Gasteiger partial charge in [-0.25, -0.2) is 5.14 Å². The maximum Gasteiger partial charge on any atom is 0.296 e. The molecule has 1 amide bonds. The van der Waals surface area contributed by atoms with E-state index in [1.807, 2.05) is 34.6 Å². The van der Waals surface area contributed by atoms with Gasteiger partial charge < -0.3 is 10.2 Å². The Morgan fingerprint density at radius 2 is 1.76 bits per heavy atom. The van der Waals surface area contributed by atoms with Gasteiger partial charge in [0.05, 0.1) is 17.1 Å². The Kier molecular flexibility index (Phi) is 8.39. The third-order valence-corrected chi connectivity index (χ3v) is 5.73. The molecule has 29 heavy (non-hydrogen) atoms. The Bertz CT molecular complexity index is 864. The molecular weight excluding hydrogens is 412 g/mol. The van der Waals surface area contributed by atoms with Crippen LogP contribution in [0.15, 0.2) is 0 Å². The van der Waals surface area contributed by atoms with E-state index in [1.165, 1.54) is 0 Å². The van der Waals surface area contributed by atoms with Crippen LogP contribution in [0.4, 0.5) is 17.1 Å². The predicted molar refractivity (Wildman–Crippen MR) is 123 cm³/mol. The number of nitrogens with zero attached hydrogens (tertiary/aromatic N) is 1. The Labute approximate surface area is 181 Å². The van der Waals surface area contributed by atoms with Crippen molar-refractivity contribution in [3.8, 4) is 0 Å². The number of unbranched alkanes of at least 4 members (excludes halogenated alkanes) is 2. The number of hydrogen-bond acceptors (Lipinski definition) is 4. The molecule has 166 valence electrons. The van der Waals surface area contributed by atoms with Gasteiger partial charge in [-0.1, -0.05) is 40.5 Å². The maximum absolute atomic E-state index is 12.7. The molecule has 4 N–H and O–H groups in total. The van der Waals surface area contributed by atoms with Gasteiger partial charge in [-0.05, 0) is 43.4 Å². The van der Waals surface area contributed by atoms with Crippen LogP contribution in [-0.2, 0) is 21.4 Å². The Balaban J connectivity index is 0.00000420. The highest BCUT2D eigenvalue weighted by Crippen LogP contribution is 2.45. The first kappa shape index (κ1) is 25.5. The molecular formula is C20H35ClN4O3S.